The summed E-state index contributed by atoms with van der Waals surface area (Å²) in [6.07, 6.45) is 0. The summed E-state index contributed by atoms with van der Waals surface area (Å²) in [6.45, 7) is 1.36. The van der Waals surface area contributed by atoms with E-state index in [4.69, 9.17) is 12.2 Å². The van der Waals surface area contributed by atoms with Gasteiger partial charge in [0.15, 0.2) is 10.9 Å². The lowest BCUT2D eigenvalue weighted by Crippen LogP contribution is -2.45. The molecule has 1 heterocycles. The Hall–Kier alpha value is -2.60. The van der Waals surface area contributed by atoms with E-state index < -0.39 is 17.7 Å². The number of thiocarbonyl (C=S) groups is 1. The minimum atomic E-state index is -0.993. The minimum Gasteiger partial charge on any atom is -0.351 e. The van der Waals surface area contributed by atoms with Crippen LogP contribution in [0.15, 0.2) is 54.1 Å². The Kier molecular flexibility index (Phi) is 4.40. The van der Waals surface area contributed by atoms with Crippen molar-refractivity contribution in [3.05, 3.63) is 76.9 Å². The lowest BCUT2D eigenvalue weighted by molar-refractivity contribution is -0.113. The number of carbonyl (C=O) groups excluding carboxylic acids is 1. The zero-order valence-electron chi connectivity index (χ0n) is 12.8. The monoisotopic (exact) mass is 344 g/mol. The van der Waals surface area contributed by atoms with Gasteiger partial charge in [0.05, 0.1) is 17.3 Å². The van der Waals surface area contributed by atoms with Gasteiger partial charge in [-0.25, -0.2) is 8.78 Å². The van der Waals surface area contributed by atoms with Gasteiger partial charge in [-0.2, -0.15) is 0 Å². The Labute approximate surface area is 143 Å². The number of Topliss-reactive ketones (excluding diaryl/α,β-unsaturated/α-hetero) is 1. The normalized spacial score (nSPS) is 17.3. The Morgan fingerprint density at radius 2 is 1.67 bits per heavy atom. The highest BCUT2D eigenvalue weighted by Crippen LogP contribution is 2.34. The average molecular weight is 344 g/mol. The molecule has 0 radical (unpaired) electrons. The van der Waals surface area contributed by atoms with Crippen LogP contribution in [0, 0.1) is 11.6 Å². The Morgan fingerprint density at radius 3 is 2.25 bits per heavy atom. The SMILES string of the molecule is CC(=O)C1=C(c2ccccc2)NC(=S)N[C@H]1c1c(F)cccc1F. The van der Waals surface area contributed by atoms with Crippen molar-refractivity contribution in [3.63, 3.8) is 0 Å². The van der Waals surface area contributed by atoms with Crippen LogP contribution in [0.2, 0.25) is 0 Å². The van der Waals surface area contributed by atoms with Crippen molar-refractivity contribution < 1.29 is 13.6 Å². The van der Waals surface area contributed by atoms with Crippen LogP contribution in [-0.2, 0) is 4.79 Å². The van der Waals surface area contributed by atoms with E-state index in [1.54, 1.807) is 12.1 Å². The maximum Gasteiger partial charge on any atom is 0.171 e. The van der Waals surface area contributed by atoms with E-state index in [0.29, 0.717) is 11.3 Å². The van der Waals surface area contributed by atoms with Crippen molar-refractivity contribution in [1.82, 2.24) is 10.6 Å². The van der Waals surface area contributed by atoms with E-state index in [1.807, 2.05) is 18.2 Å². The second-order valence-electron chi connectivity index (χ2n) is 5.38. The topological polar surface area (TPSA) is 41.1 Å². The number of benzene rings is 2. The molecule has 1 atom stereocenters. The molecule has 0 saturated heterocycles. The molecule has 122 valence electrons. The molecular formula is C18H14F2N2OS. The number of nitrogens with one attached hydrogen (secondary N) is 2. The van der Waals surface area contributed by atoms with Crippen LogP contribution in [-0.4, -0.2) is 10.9 Å². The predicted molar refractivity (Wildman–Crippen MR) is 92.0 cm³/mol. The van der Waals surface area contributed by atoms with Crippen molar-refractivity contribution in [1.29, 1.82) is 0 Å². The van der Waals surface area contributed by atoms with E-state index in [9.17, 15) is 13.6 Å². The number of rotatable bonds is 3. The summed E-state index contributed by atoms with van der Waals surface area (Å²) in [4.78, 5) is 12.3. The second-order valence-corrected chi connectivity index (χ2v) is 5.79. The van der Waals surface area contributed by atoms with Crippen LogP contribution in [0.1, 0.15) is 24.1 Å². The standard InChI is InChI=1S/C18H14F2N2OS/c1-10(23)14-16(11-6-3-2-4-7-11)21-18(24)22-17(14)15-12(19)8-5-9-13(15)20/h2-9,17H,1H3,(H2,21,22,24)/t17-/m1/s1. The molecule has 0 aromatic heterocycles. The predicted octanol–water partition coefficient (Wildman–Crippen LogP) is 3.48. The van der Waals surface area contributed by atoms with E-state index in [-0.39, 0.29) is 22.0 Å². The molecule has 2 N–H and O–H groups in total. The first-order valence-electron chi connectivity index (χ1n) is 7.31. The van der Waals surface area contributed by atoms with Gasteiger partial charge in [-0.1, -0.05) is 36.4 Å². The van der Waals surface area contributed by atoms with E-state index in [2.05, 4.69) is 10.6 Å². The van der Waals surface area contributed by atoms with Gasteiger partial charge in [-0.15, -0.1) is 0 Å². The molecule has 0 aliphatic carbocycles. The quantitative estimate of drug-likeness (QED) is 0.837. The third-order valence-electron chi connectivity index (χ3n) is 3.80. The van der Waals surface area contributed by atoms with Crippen molar-refractivity contribution >= 4 is 28.8 Å². The maximum absolute atomic E-state index is 14.3. The van der Waals surface area contributed by atoms with Gasteiger partial charge < -0.3 is 10.6 Å². The highest BCUT2D eigenvalue weighted by atomic mass is 32.1. The van der Waals surface area contributed by atoms with Crippen molar-refractivity contribution in [2.24, 2.45) is 0 Å². The average Bonchev–Trinajstić information content (AvgIpc) is 2.54. The molecule has 1 aliphatic rings. The van der Waals surface area contributed by atoms with Crippen molar-refractivity contribution in [3.8, 4) is 0 Å². The summed E-state index contributed by atoms with van der Waals surface area (Å²) in [5, 5.41) is 5.94. The van der Waals surface area contributed by atoms with Gasteiger partial charge in [0.1, 0.15) is 11.6 Å². The molecule has 0 spiro atoms. The maximum atomic E-state index is 14.3. The van der Waals surface area contributed by atoms with Crippen LogP contribution in [0.5, 0.6) is 0 Å². The number of carbonyl (C=O) groups is 1. The molecule has 0 amide bonds. The van der Waals surface area contributed by atoms with Gasteiger partial charge >= 0.3 is 0 Å². The molecule has 24 heavy (non-hydrogen) atoms. The van der Waals surface area contributed by atoms with Crippen LogP contribution in [0.3, 0.4) is 0 Å². The minimum absolute atomic E-state index is 0.200. The summed E-state index contributed by atoms with van der Waals surface area (Å²) < 4.78 is 28.5. The lowest BCUT2D eigenvalue weighted by Gasteiger charge is -2.31. The largest absolute Gasteiger partial charge is 0.351 e. The summed E-state index contributed by atoms with van der Waals surface area (Å²) >= 11 is 5.17. The second kappa shape index (κ2) is 6.49. The Balaban J connectivity index is 2.25. The van der Waals surface area contributed by atoms with Gasteiger partial charge in [-0.3, -0.25) is 4.79 Å². The van der Waals surface area contributed by atoms with Crippen LogP contribution >= 0.6 is 12.2 Å². The molecule has 6 heteroatoms. The Bertz CT molecular complexity index is 829. The van der Waals surface area contributed by atoms with E-state index in [0.717, 1.165) is 12.1 Å². The van der Waals surface area contributed by atoms with Gasteiger partial charge in [0.25, 0.3) is 0 Å². The number of ketones is 1. The molecule has 0 unspecified atom stereocenters. The van der Waals surface area contributed by atoms with Crippen LogP contribution < -0.4 is 10.6 Å². The molecule has 2 aromatic rings. The highest BCUT2D eigenvalue weighted by Gasteiger charge is 2.33. The molecule has 2 aromatic carbocycles. The van der Waals surface area contributed by atoms with E-state index >= 15 is 0 Å². The summed E-state index contributed by atoms with van der Waals surface area (Å²) in [5.74, 6) is -1.77. The first kappa shape index (κ1) is 16.3. The Morgan fingerprint density at radius 1 is 1.04 bits per heavy atom. The first-order valence-corrected chi connectivity index (χ1v) is 7.72. The first-order chi connectivity index (χ1) is 11.5. The lowest BCUT2D eigenvalue weighted by atomic mass is 9.90. The van der Waals surface area contributed by atoms with Crippen LogP contribution in [0.25, 0.3) is 5.70 Å². The number of hydrogen-bond donors (Lipinski definition) is 2. The van der Waals surface area contributed by atoms with Crippen LogP contribution in [0.4, 0.5) is 8.78 Å². The fourth-order valence-corrected chi connectivity index (χ4v) is 3.00. The smallest absolute Gasteiger partial charge is 0.171 e. The summed E-state index contributed by atoms with van der Waals surface area (Å²) in [6, 6.07) is 11.7. The van der Waals surface area contributed by atoms with Crippen molar-refractivity contribution in [2.45, 2.75) is 13.0 Å². The molecule has 1 aliphatic heterocycles. The summed E-state index contributed by atoms with van der Waals surface area (Å²) in [5.41, 5.74) is 1.19. The summed E-state index contributed by atoms with van der Waals surface area (Å²) in [7, 11) is 0. The van der Waals surface area contributed by atoms with Gasteiger partial charge in [0.2, 0.25) is 0 Å². The molecule has 0 bridgehead atoms. The number of halogens is 2. The van der Waals surface area contributed by atoms with Crippen molar-refractivity contribution in [2.75, 3.05) is 0 Å². The molecule has 0 saturated carbocycles. The van der Waals surface area contributed by atoms with Gasteiger partial charge in [-0.05, 0) is 36.8 Å². The zero-order chi connectivity index (χ0) is 17.3. The third-order valence-corrected chi connectivity index (χ3v) is 4.02. The molecule has 3 nitrogen and oxygen atoms in total. The highest BCUT2D eigenvalue weighted by molar-refractivity contribution is 7.80. The zero-order valence-corrected chi connectivity index (χ0v) is 13.6. The van der Waals surface area contributed by atoms with E-state index in [1.165, 1.54) is 13.0 Å². The number of hydrogen-bond acceptors (Lipinski definition) is 2. The molecular weight excluding hydrogens is 330 g/mol. The molecule has 3 rings (SSSR count). The third kappa shape index (κ3) is 2.92. The fourth-order valence-electron chi connectivity index (χ4n) is 2.78. The van der Waals surface area contributed by atoms with Gasteiger partial charge in [0, 0.05) is 5.57 Å². The molecule has 0 fully saturated rings. The fraction of sp³-hybridized carbons (Fsp3) is 0.111.